The van der Waals surface area contributed by atoms with Crippen molar-refractivity contribution in [1.29, 1.82) is 0 Å². The number of nitrogens with zero attached hydrogens (tertiary/aromatic N) is 2. The predicted molar refractivity (Wildman–Crippen MR) is 105 cm³/mol. The van der Waals surface area contributed by atoms with E-state index < -0.39 is 0 Å². The van der Waals surface area contributed by atoms with Crippen molar-refractivity contribution >= 4 is 11.9 Å². The van der Waals surface area contributed by atoms with Crippen molar-refractivity contribution in [2.75, 3.05) is 32.8 Å². The van der Waals surface area contributed by atoms with E-state index in [1.807, 2.05) is 18.2 Å². The van der Waals surface area contributed by atoms with Gasteiger partial charge in [-0.1, -0.05) is 12.1 Å². The molecule has 7 nitrogen and oxygen atoms in total. The van der Waals surface area contributed by atoms with Crippen LogP contribution >= 0.6 is 0 Å². The smallest absolute Gasteiger partial charge is 0.217 e. The SMILES string of the molecule is CCNC(=NCc1cccc2c1OCCCO2)N1CCCC(CC(N)=O)C1. The topological polar surface area (TPSA) is 89.2 Å². The third kappa shape index (κ3) is 5.28. The summed E-state index contributed by atoms with van der Waals surface area (Å²) in [4.78, 5) is 18.4. The first kappa shape index (κ1) is 19.3. The lowest BCUT2D eigenvalue weighted by Gasteiger charge is -2.34. The van der Waals surface area contributed by atoms with E-state index in [1.165, 1.54) is 0 Å². The average molecular weight is 374 g/mol. The molecule has 1 aromatic carbocycles. The molecule has 3 rings (SSSR count). The number of nitrogens with one attached hydrogen (secondary N) is 1. The first-order valence-electron chi connectivity index (χ1n) is 9.86. The maximum absolute atomic E-state index is 11.3. The van der Waals surface area contributed by atoms with E-state index in [2.05, 4.69) is 17.1 Å². The largest absolute Gasteiger partial charge is 0.490 e. The molecule has 0 aromatic heterocycles. The fraction of sp³-hybridized carbons (Fsp3) is 0.600. The second kappa shape index (κ2) is 9.48. The lowest BCUT2D eigenvalue weighted by Crippen LogP contribution is -2.47. The highest BCUT2D eigenvalue weighted by Crippen LogP contribution is 2.33. The zero-order chi connectivity index (χ0) is 19.1. The van der Waals surface area contributed by atoms with Crippen LogP contribution in [0.1, 0.15) is 38.2 Å². The molecule has 0 spiro atoms. The summed E-state index contributed by atoms with van der Waals surface area (Å²) in [6.07, 6.45) is 3.40. The van der Waals surface area contributed by atoms with Gasteiger partial charge in [-0.3, -0.25) is 4.79 Å². The first-order valence-corrected chi connectivity index (χ1v) is 9.86. The molecule has 1 aromatic rings. The molecule has 7 heteroatoms. The molecule has 0 aliphatic carbocycles. The quantitative estimate of drug-likeness (QED) is 0.607. The summed E-state index contributed by atoms with van der Waals surface area (Å²) in [6.45, 7) is 6.46. The molecule has 0 radical (unpaired) electrons. The van der Waals surface area contributed by atoms with Crippen LogP contribution in [0.4, 0.5) is 0 Å². The number of likely N-dealkylation sites (tertiary alicyclic amines) is 1. The number of amides is 1. The average Bonchev–Trinajstić information content (AvgIpc) is 2.90. The monoisotopic (exact) mass is 374 g/mol. The highest BCUT2D eigenvalue weighted by molar-refractivity contribution is 5.80. The number of fused-ring (bicyclic) bond motifs is 1. The van der Waals surface area contributed by atoms with Crippen molar-refractivity contribution in [3.63, 3.8) is 0 Å². The Hall–Kier alpha value is -2.44. The number of nitrogens with two attached hydrogens (primary N) is 1. The van der Waals surface area contributed by atoms with Gasteiger partial charge >= 0.3 is 0 Å². The van der Waals surface area contributed by atoms with Gasteiger partial charge in [-0.15, -0.1) is 0 Å². The standard InChI is InChI=1S/C20H30N4O3/c1-2-22-20(24-9-4-6-15(14-24)12-18(21)25)23-13-16-7-3-8-17-19(16)27-11-5-10-26-17/h3,7-8,15H,2,4-6,9-14H2,1H3,(H2,21,25)(H,22,23). The van der Waals surface area contributed by atoms with Crippen LogP contribution in [0.15, 0.2) is 23.2 Å². The number of benzene rings is 1. The van der Waals surface area contributed by atoms with E-state index in [0.717, 1.165) is 61.9 Å². The number of aliphatic imine (C=N–C) groups is 1. The molecule has 0 bridgehead atoms. The molecular formula is C20H30N4O3. The second-order valence-electron chi connectivity index (χ2n) is 7.09. The Morgan fingerprint density at radius 1 is 1.33 bits per heavy atom. The molecule has 148 valence electrons. The third-order valence-corrected chi connectivity index (χ3v) is 4.90. The minimum atomic E-state index is -0.229. The molecular weight excluding hydrogens is 344 g/mol. The number of rotatable bonds is 5. The summed E-state index contributed by atoms with van der Waals surface area (Å²) in [5.74, 6) is 2.54. The highest BCUT2D eigenvalue weighted by atomic mass is 16.5. The zero-order valence-electron chi connectivity index (χ0n) is 16.1. The van der Waals surface area contributed by atoms with E-state index in [4.69, 9.17) is 20.2 Å². The molecule has 3 N–H and O–H groups in total. The number of carbonyl (C=O) groups is 1. The Labute approximate surface area is 160 Å². The fourth-order valence-electron chi connectivity index (χ4n) is 3.67. The second-order valence-corrected chi connectivity index (χ2v) is 7.09. The number of guanidine groups is 1. The van der Waals surface area contributed by atoms with Gasteiger partial charge < -0.3 is 25.4 Å². The number of ether oxygens (including phenoxy) is 2. The van der Waals surface area contributed by atoms with Crippen molar-refractivity contribution in [3.8, 4) is 11.5 Å². The van der Waals surface area contributed by atoms with E-state index >= 15 is 0 Å². The van der Waals surface area contributed by atoms with Gasteiger partial charge in [0.1, 0.15) is 0 Å². The Morgan fingerprint density at radius 2 is 2.19 bits per heavy atom. The Kier molecular flexibility index (Phi) is 6.79. The number of para-hydroxylation sites is 1. The van der Waals surface area contributed by atoms with E-state index in [0.29, 0.717) is 32.1 Å². The Morgan fingerprint density at radius 3 is 3.00 bits per heavy atom. The molecule has 1 unspecified atom stereocenters. The Bertz CT molecular complexity index is 677. The summed E-state index contributed by atoms with van der Waals surface area (Å²) in [6, 6.07) is 5.96. The van der Waals surface area contributed by atoms with Crippen molar-refractivity contribution in [3.05, 3.63) is 23.8 Å². The molecule has 1 amide bonds. The van der Waals surface area contributed by atoms with Crippen molar-refractivity contribution < 1.29 is 14.3 Å². The van der Waals surface area contributed by atoms with Gasteiger partial charge in [0, 0.05) is 38.0 Å². The minimum absolute atomic E-state index is 0.229. The predicted octanol–water partition coefficient (Wildman–Crippen LogP) is 1.90. The van der Waals surface area contributed by atoms with Gasteiger partial charge in [-0.2, -0.15) is 0 Å². The fourth-order valence-corrected chi connectivity index (χ4v) is 3.67. The summed E-state index contributed by atoms with van der Waals surface area (Å²) in [7, 11) is 0. The molecule has 2 heterocycles. The number of hydrogen-bond donors (Lipinski definition) is 2. The third-order valence-electron chi connectivity index (χ3n) is 4.90. The van der Waals surface area contributed by atoms with Crippen LogP contribution in [0, 0.1) is 5.92 Å². The normalized spacial score (nSPS) is 20.1. The van der Waals surface area contributed by atoms with Crippen LogP contribution in [0.25, 0.3) is 0 Å². The summed E-state index contributed by atoms with van der Waals surface area (Å²) in [5.41, 5.74) is 6.41. The van der Waals surface area contributed by atoms with Crippen LogP contribution < -0.4 is 20.5 Å². The minimum Gasteiger partial charge on any atom is -0.490 e. The van der Waals surface area contributed by atoms with E-state index in [-0.39, 0.29) is 5.91 Å². The van der Waals surface area contributed by atoms with Crippen LogP contribution in [-0.4, -0.2) is 49.6 Å². The molecule has 27 heavy (non-hydrogen) atoms. The molecule has 0 saturated carbocycles. The number of carbonyl (C=O) groups excluding carboxylic acids is 1. The molecule has 2 aliphatic heterocycles. The number of piperidine rings is 1. The van der Waals surface area contributed by atoms with E-state index in [9.17, 15) is 4.79 Å². The van der Waals surface area contributed by atoms with Crippen LogP contribution in [0.2, 0.25) is 0 Å². The van der Waals surface area contributed by atoms with Gasteiger partial charge in [-0.05, 0) is 31.7 Å². The Balaban J connectivity index is 1.73. The molecule has 1 atom stereocenters. The number of hydrogen-bond acceptors (Lipinski definition) is 4. The maximum Gasteiger partial charge on any atom is 0.217 e. The van der Waals surface area contributed by atoms with Gasteiger partial charge in [0.2, 0.25) is 5.91 Å². The summed E-state index contributed by atoms with van der Waals surface area (Å²) >= 11 is 0. The van der Waals surface area contributed by atoms with Crippen molar-refractivity contribution in [2.24, 2.45) is 16.6 Å². The van der Waals surface area contributed by atoms with Gasteiger partial charge in [0.05, 0.1) is 19.8 Å². The highest BCUT2D eigenvalue weighted by Gasteiger charge is 2.23. The summed E-state index contributed by atoms with van der Waals surface area (Å²) < 4.78 is 11.7. The lowest BCUT2D eigenvalue weighted by molar-refractivity contribution is -0.119. The van der Waals surface area contributed by atoms with Crippen LogP contribution in [0.3, 0.4) is 0 Å². The molecule has 1 fully saturated rings. The van der Waals surface area contributed by atoms with Crippen LogP contribution in [0.5, 0.6) is 11.5 Å². The van der Waals surface area contributed by atoms with Gasteiger partial charge in [-0.25, -0.2) is 4.99 Å². The van der Waals surface area contributed by atoms with Crippen LogP contribution in [-0.2, 0) is 11.3 Å². The molecule has 1 saturated heterocycles. The lowest BCUT2D eigenvalue weighted by atomic mass is 9.95. The maximum atomic E-state index is 11.3. The summed E-state index contributed by atoms with van der Waals surface area (Å²) in [5, 5.41) is 3.38. The van der Waals surface area contributed by atoms with Gasteiger partial charge in [0.15, 0.2) is 17.5 Å². The van der Waals surface area contributed by atoms with Gasteiger partial charge in [0.25, 0.3) is 0 Å². The van der Waals surface area contributed by atoms with Crippen molar-refractivity contribution in [2.45, 2.75) is 39.2 Å². The first-order chi connectivity index (χ1) is 13.2. The number of primary amides is 1. The zero-order valence-corrected chi connectivity index (χ0v) is 16.1. The molecule has 2 aliphatic rings. The van der Waals surface area contributed by atoms with Crippen molar-refractivity contribution in [1.82, 2.24) is 10.2 Å². The van der Waals surface area contributed by atoms with E-state index in [1.54, 1.807) is 0 Å².